The second-order valence-electron chi connectivity index (χ2n) is 7.75. The molecular formula is C23H26ClN3O5. The monoisotopic (exact) mass is 459 g/mol. The third kappa shape index (κ3) is 5.13. The standard InChI is InChI=1S/C23H26ClN3O5/c1-13(2)27-12-15(9-21(27)28)23(30)25-16-7-5-14(6-8-16)22(29)26-18-11-19(31-3)17(24)10-20(18)32-4/h5-8,10-11,13,15H,9,12H2,1-4H3,(H,25,30)(H,26,29). The number of methoxy groups -OCH3 is 2. The zero-order valence-corrected chi connectivity index (χ0v) is 19.2. The average Bonchev–Trinajstić information content (AvgIpc) is 3.17. The lowest BCUT2D eigenvalue weighted by molar-refractivity contribution is -0.129. The molecule has 8 nitrogen and oxygen atoms in total. The zero-order chi connectivity index (χ0) is 23.4. The Morgan fingerprint density at radius 1 is 1.06 bits per heavy atom. The predicted molar refractivity (Wildman–Crippen MR) is 123 cm³/mol. The summed E-state index contributed by atoms with van der Waals surface area (Å²) in [5.74, 6) is -0.172. The molecule has 0 bridgehead atoms. The molecule has 1 atom stereocenters. The lowest BCUT2D eigenvalue weighted by Crippen LogP contribution is -2.33. The Balaban J connectivity index is 1.65. The van der Waals surface area contributed by atoms with Gasteiger partial charge in [-0.25, -0.2) is 0 Å². The molecule has 1 aliphatic heterocycles. The number of amides is 3. The first-order valence-corrected chi connectivity index (χ1v) is 10.5. The maximum atomic E-state index is 12.7. The van der Waals surface area contributed by atoms with Gasteiger partial charge in [-0.1, -0.05) is 11.6 Å². The summed E-state index contributed by atoms with van der Waals surface area (Å²) in [5.41, 5.74) is 1.35. The van der Waals surface area contributed by atoms with Gasteiger partial charge in [-0.2, -0.15) is 0 Å². The smallest absolute Gasteiger partial charge is 0.255 e. The molecule has 0 saturated carbocycles. The maximum Gasteiger partial charge on any atom is 0.255 e. The van der Waals surface area contributed by atoms with Crippen LogP contribution in [0.3, 0.4) is 0 Å². The highest BCUT2D eigenvalue weighted by Gasteiger charge is 2.35. The van der Waals surface area contributed by atoms with Crippen LogP contribution in [0.1, 0.15) is 30.6 Å². The molecule has 2 N–H and O–H groups in total. The molecule has 0 radical (unpaired) electrons. The van der Waals surface area contributed by atoms with E-state index < -0.39 is 0 Å². The summed E-state index contributed by atoms with van der Waals surface area (Å²) >= 11 is 6.10. The molecule has 3 rings (SSSR count). The number of hydrogen-bond donors (Lipinski definition) is 2. The van der Waals surface area contributed by atoms with Gasteiger partial charge in [-0.15, -0.1) is 0 Å². The van der Waals surface area contributed by atoms with Crippen LogP contribution in [0.2, 0.25) is 5.02 Å². The summed E-state index contributed by atoms with van der Waals surface area (Å²) in [7, 11) is 2.96. The number of benzene rings is 2. The van der Waals surface area contributed by atoms with E-state index in [2.05, 4.69) is 10.6 Å². The molecule has 2 aromatic carbocycles. The zero-order valence-electron chi connectivity index (χ0n) is 18.4. The molecule has 1 aliphatic rings. The summed E-state index contributed by atoms with van der Waals surface area (Å²) in [6.45, 7) is 4.27. The van der Waals surface area contributed by atoms with Crippen LogP contribution in [-0.2, 0) is 9.59 Å². The normalized spacial score (nSPS) is 15.6. The lowest BCUT2D eigenvalue weighted by Gasteiger charge is -2.20. The summed E-state index contributed by atoms with van der Waals surface area (Å²) in [6.07, 6.45) is 0.205. The molecule has 1 fully saturated rings. The van der Waals surface area contributed by atoms with Gasteiger partial charge in [0.1, 0.15) is 11.5 Å². The molecule has 3 amide bonds. The van der Waals surface area contributed by atoms with Crippen LogP contribution in [-0.4, -0.2) is 49.4 Å². The maximum absolute atomic E-state index is 12.7. The third-order valence-electron chi connectivity index (χ3n) is 5.29. The Morgan fingerprint density at radius 3 is 2.28 bits per heavy atom. The van der Waals surface area contributed by atoms with E-state index in [1.54, 1.807) is 41.3 Å². The first-order valence-electron chi connectivity index (χ1n) is 10.2. The number of carbonyl (C=O) groups is 3. The van der Waals surface area contributed by atoms with Gasteiger partial charge in [0.15, 0.2) is 0 Å². The van der Waals surface area contributed by atoms with Crippen LogP contribution in [0, 0.1) is 5.92 Å². The van der Waals surface area contributed by atoms with Crippen molar-refractivity contribution >= 4 is 40.7 Å². The lowest BCUT2D eigenvalue weighted by atomic mass is 10.1. The van der Waals surface area contributed by atoms with Crippen LogP contribution in [0.4, 0.5) is 11.4 Å². The second kappa shape index (κ2) is 9.91. The number of nitrogens with zero attached hydrogens (tertiary/aromatic N) is 1. The van der Waals surface area contributed by atoms with Crippen LogP contribution in [0.15, 0.2) is 36.4 Å². The van der Waals surface area contributed by atoms with Crippen molar-refractivity contribution in [2.75, 3.05) is 31.4 Å². The van der Waals surface area contributed by atoms with Gasteiger partial charge in [-0.05, 0) is 38.1 Å². The molecule has 170 valence electrons. The summed E-state index contributed by atoms with van der Waals surface area (Å²) in [4.78, 5) is 39.0. The van der Waals surface area contributed by atoms with E-state index in [9.17, 15) is 14.4 Å². The first-order chi connectivity index (χ1) is 15.2. The number of rotatable bonds is 7. The average molecular weight is 460 g/mol. The Labute approximate surface area is 191 Å². The number of hydrogen-bond acceptors (Lipinski definition) is 5. The first kappa shape index (κ1) is 23.4. The molecule has 0 spiro atoms. The van der Waals surface area contributed by atoms with E-state index in [4.69, 9.17) is 21.1 Å². The summed E-state index contributed by atoms with van der Waals surface area (Å²) in [6, 6.07) is 9.69. The van der Waals surface area contributed by atoms with E-state index in [1.807, 2.05) is 13.8 Å². The molecule has 0 aliphatic carbocycles. The second-order valence-corrected chi connectivity index (χ2v) is 8.16. The minimum atomic E-state index is -0.389. The number of nitrogens with one attached hydrogen (secondary N) is 2. The molecular weight excluding hydrogens is 434 g/mol. The summed E-state index contributed by atoms with van der Waals surface area (Å²) in [5, 5.41) is 5.95. The quantitative estimate of drug-likeness (QED) is 0.656. The van der Waals surface area contributed by atoms with Gasteiger partial charge in [0, 0.05) is 42.4 Å². The van der Waals surface area contributed by atoms with Crippen molar-refractivity contribution in [3.63, 3.8) is 0 Å². The number of likely N-dealkylation sites (tertiary alicyclic amines) is 1. The van der Waals surface area contributed by atoms with E-state index in [0.29, 0.717) is 40.0 Å². The summed E-state index contributed by atoms with van der Waals surface area (Å²) < 4.78 is 10.5. The van der Waals surface area contributed by atoms with Crippen molar-refractivity contribution in [3.05, 3.63) is 47.0 Å². The number of ether oxygens (including phenoxy) is 2. The van der Waals surface area contributed by atoms with Crippen LogP contribution < -0.4 is 20.1 Å². The minimum Gasteiger partial charge on any atom is -0.495 e. The van der Waals surface area contributed by atoms with Crippen molar-refractivity contribution in [1.82, 2.24) is 4.90 Å². The van der Waals surface area contributed by atoms with Gasteiger partial charge in [0.05, 0.1) is 30.8 Å². The number of carbonyl (C=O) groups excluding carboxylic acids is 3. The van der Waals surface area contributed by atoms with Gasteiger partial charge in [0.2, 0.25) is 11.8 Å². The fourth-order valence-electron chi connectivity index (χ4n) is 3.51. The predicted octanol–water partition coefficient (Wildman–Crippen LogP) is 3.80. The molecule has 9 heteroatoms. The Bertz CT molecular complexity index is 1020. The van der Waals surface area contributed by atoms with Crippen LogP contribution in [0.5, 0.6) is 11.5 Å². The Morgan fingerprint density at radius 2 is 1.72 bits per heavy atom. The van der Waals surface area contributed by atoms with E-state index >= 15 is 0 Å². The Hall–Kier alpha value is -3.26. The third-order valence-corrected chi connectivity index (χ3v) is 5.58. The largest absolute Gasteiger partial charge is 0.495 e. The topological polar surface area (TPSA) is 97.0 Å². The van der Waals surface area contributed by atoms with Gasteiger partial charge >= 0.3 is 0 Å². The van der Waals surface area contributed by atoms with Gasteiger partial charge < -0.3 is 25.0 Å². The SMILES string of the molecule is COc1cc(NC(=O)c2ccc(NC(=O)C3CC(=O)N(C(C)C)C3)cc2)c(OC)cc1Cl. The van der Waals surface area contributed by atoms with Crippen molar-refractivity contribution in [2.24, 2.45) is 5.92 Å². The van der Waals surface area contributed by atoms with Crippen molar-refractivity contribution in [3.8, 4) is 11.5 Å². The van der Waals surface area contributed by atoms with Crippen LogP contribution >= 0.6 is 11.6 Å². The van der Waals surface area contributed by atoms with Gasteiger partial charge in [-0.3, -0.25) is 14.4 Å². The fourth-order valence-corrected chi connectivity index (χ4v) is 3.74. The van der Waals surface area contributed by atoms with Crippen molar-refractivity contribution < 1.29 is 23.9 Å². The van der Waals surface area contributed by atoms with E-state index in [-0.39, 0.29) is 36.1 Å². The van der Waals surface area contributed by atoms with Crippen molar-refractivity contribution in [2.45, 2.75) is 26.3 Å². The molecule has 1 unspecified atom stereocenters. The van der Waals surface area contributed by atoms with Crippen LogP contribution in [0.25, 0.3) is 0 Å². The molecule has 0 aromatic heterocycles. The van der Waals surface area contributed by atoms with E-state index in [0.717, 1.165) is 0 Å². The highest BCUT2D eigenvalue weighted by molar-refractivity contribution is 6.32. The highest BCUT2D eigenvalue weighted by atomic mass is 35.5. The molecule has 32 heavy (non-hydrogen) atoms. The van der Waals surface area contributed by atoms with Crippen molar-refractivity contribution in [1.29, 1.82) is 0 Å². The van der Waals surface area contributed by atoms with Gasteiger partial charge in [0.25, 0.3) is 5.91 Å². The number of halogens is 1. The van der Waals surface area contributed by atoms with E-state index in [1.165, 1.54) is 14.2 Å². The molecule has 1 saturated heterocycles. The number of anilines is 2. The highest BCUT2D eigenvalue weighted by Crippen LogP contribution is 2.36. The molecule has 2 aromatic rings. The molecule has 1 heterocycles. The fraction of sp³-hybridized carbons (Fsp3) is 0.348. The Kier molecular flexibility index (Phi) is 7.25. The minimum absolute atomic E-state index is 0.0126.